The Bertz CT molecular complexity index is 2290. The number of aromatic nitrogens is 2. The number of aromatic amines is 2. The number of hydrogen-bond acceptors (Lipinski definition) is 6. The molecular formula is C40H36F2N10O6. The predicted molar refractivity (Wildman–Crippen MR) is 216 cm³/mol. The molecule has 6 aromatic rings. The van der Waals surface area contributed by atoms with Crippen LogP contribution in [0.3, 0.4) is 0 Å². The van der Waals surface area contributed by atoms with Gasteiger partial charge in [-0.3, -0.25) is 19.2 Å². The fourth-order valence-electron chi connectivity index (χ4n) is 5.48. The Hall–Kier alpha value is -8.28. The maximum Gasteiger partial charge on any atom is 0.323 e. The summed E-state index contributed by atoms with van der Waals surface area (Å²) >= 11 is 0. The third kappa shape index (κ3) is 10.9. The molecule has 0 saturated carbocycles. The molecule has 0 radical (unpaired) electrons. The molecule has 58 heavy (non-hydrogen) atoms. The van der Waals surface area contributed by atoms with E-state index >= 15 is 0 Å². The van der Waals surface area contributed by atoms with Crippen molar-refractivity contribution in [3.8, 4) is 22.3 Å². The summed E-state index contributed by atoms with van der Waals surface area (Å²) < 4.78 is 25.8. The molecular weight excluding hydrogens is 754 g/mol. The fourth-order valence-corrected chi connectivity index (χ4v) is 5.48. The van der Waals surface area contributed by atoms with E-state index in [-0.39, 0.29) is 34.6 Å². The molecule has 0 spiro atoms. The van der Waals surface area contributed by atoms with E-state index in [2.05, 4.69) is 41.9 Å². The number of rotatable bonds is 10. The van der Waals surface area contributed by atoms with E-state index in [1.165, 1.54) is 62.4 Å². The zero-order valence-corrected chi connectivity index (χ0v) is 30.8. The molecule has 0 aliphatic carbocycles. The lowest BCUT2D eigenvalue weighted by Crippen LogP contribution is -2.19. The summed E-state index contributed by atoms with van der Waals surface area (Å²) in [6.07, 6.45) is 3.13. The van der Waals surface area contributed by atoms with Gasteiger partial charge in [-0.15, -0.1) is 0 Å². The second kappa shape index (κ2) is 18.4. The van der Waals surface area contributed by atoms with E-state index in [0.717, 1.165) is 0 Å². The van der Waals surface area contributed by atoms with Gasteiger partial charge in [-0.05, 0) is 83.9 Å². The first-order valence-electron chi connectivity index (χ1n) is 17.1. The largest absolute Gasteiger partial charge is 0.365 e. The summed E-state index contributed by atoms with van der Waals surface area (Å²) in [6.45, 7) is 2.64. The van der Waals surface area contributed by atoms with Crippen molar-refractivity contribution in [2.45, 2.75) is 13.8 Å². The minimum Gasteiger partial charge on any atom is -0.365 e. The molecule has 4 aromatic carbocycles. The molecule has 0 bridgehead atoms. The predicted octanol–water partition coefficient (Wildman–Crippen LogP) is 7.04. The smallest absolute Gasteiger partial charge is 0.323 e. The summed E-state index contributed by atoms with van der Waals surface area (Å²) in [6, 6.07) is 23.2. The first-order chi connectivity index (χ1) is 27.7. The van der Waals surface area contributed by atoms with Crippen molar-refractivity contribution in [2.24, 2.45) is 11.5 Å². The molecule has 0 fully saturated rings. The zero-order valence-electron chi connectivity index (χ0n) is 30.8. The summed E-state index contributed by atoms with van der Waals surface area (Å²) in [5.74, 6) is -2.40. The minimum absolute atomic E-state index is 0.162. The van der Waals surface area contributed by atoms with Crippen LogP contribution in [-0.2, 0) is 9.59 Å². The van der Waals surface area contributed by atoms with E-state index in [4.69, 9.17) is 11.5 Å². The molecule has 18 heteroatoms. The topological polar surface area (TPSA) is 258 Å². The number of nitrogens with one attached hydrogen (secondary N) is 8. The molecule has 0 aliphatic heterocycles. The first kappa shape index (κ1) is 40.9. The van der Waals surface area contributed by atoms with Crippen molar-refractivity contribution < 1.29 is 37.5 Å². The molecule has 12 N–H and O–H groups in total. The van der Waals surface area contributed by atoms with Gasteiger partial charge < -0.3 is 53.3 Å². The van der Waals surface area contributed by atoms with Crippen LogP contribution in [0.15, 0.2) is 109 Å². The molecule has 2 heterocycles. The van der Waals surface area contributed by atoms with Gasteiger partial charge in [0.15, 0.2) is 0 Å². The Kier molecular flexibility index (Phi) is 13.0. The number of hydrogen-bond donors (Lipinski definition) is 10. The van der Waals surface area contributed by atoms with E-state index in [1.54, 1.807) is 60.9 Å². The van der Waals surface area contributed by atoms with Crippen LogP contribution in [0.1, 0.15) is 34.6 Å². The number of urea groups is 2. The lowest BCUT2D eigenvalue weighted by molar-refractivity contribution is -0.115. The van der Waals surface area contributed by atoms with Crippen LogP contribution in [0, 0.1) is 11.6 Å². The van der Waals surface area contributed by atoms with Crippen molar-refractivity contribution >= 4 is 70.1 Å². The Balaban J connectivity index is 0.000000221. The quantitative estimate of drug-likeness (QED) is 0.0695. The number of carbonyl (C=O) groups is 6. The molecule has 2 aromatic heterocycles. The maximum absolute atomic E-state index is 12.9. The van der Waals surface area contributed by atoms with Gasteiger partial charge in [0.2, 0.25) is 11.8 Å². The highest BCUT2D eigenvalue weighted by Crippen LogP contribution is 2.31. The van der Waals surface area contributed by atoms with Crippen molar-refractivity contribution in [1.29, 1.82) is 0 Å². The number of primary amides is 2. The Labute approximate surface area is 328 Å². The van der Waals surface area contributed by atoms with Crippen molar-refractivity contribution in [2.75, 3.05) is 31.9 Å². The van der Waals surface area contributed by atoms with E-state index in [1.807, 2.05) is 0 Å². The second-order valence-corrected chi connectivity index (χ2v) is 12.3. The number of anilines is 6. The first-order valence-corrected chi connectivity index (χ1v) is 17.1. The molecule has 0 aliphatic rings. The van der Waals surface area contributed by atoms with E-state index in [0.29, 0.717) is 45.0 Å². The minimum atomic E-state index is -0.689. The summed E-state index contributed by atoms with van der Waals surface area (Å²) in [5, 5.41) is 15.5. The lowest BCUT2D eigenvalue weighted by Gasteiger charge is -2.09. The summed E-state index contributed by atoms with van der Waals surface area (Å²) in [7, 11) is 0. The van der Waals surface area contributed by atoms with Gasteiger partial charge in [-0.1, -0.05) is 24.3 Å². The molecule has 0 unspecified atom stereocenters. The number of halogens is 2. The van der Waals surface area contributed by atoms with Crippen LogP contribution in [0.4, 0.5) is 52.8 Å². The third-order valence-electron chi connectivity index (χ3n) is 7.97. The SMILES string of the molecule is CC(=O)Nc1[nH]cc(-c2ccc(NC(=O)Nc3ccc(F)cc3)cc2)c1C(N)=O.CC(=O)Nc1[nH]cc(-c2ccc(NC(=O)Nc3ccc(F)cc3)cc2)c1C(N)=O. The van der Waals surface area contributed by atoms with Crippen LogP contribution in [0.5, 0.6) is 0 Å². The highest BCUT2D eigenvalue weighted by atomic mass is 19.1. The summed E-state index contributed by atoms with van der Waals surface area (Å²) in [4.78, 5) is 76.0. The van der Waals surface area contributed by atoms with Crippen LogP contribution in [0.2, 0.25) is 0 Å². The Morgan fingerprint density at radius 2 is 0.724 bits per heavy atom. The fraction of sp³-hybridized carbons (Fsp3) is 0.0500. The third-order valence-corrected chi connectivity index (χ3v) is 7.97. The van der Waals surface area contributed by atoms with Gasteiger partial charge in [-0.25, -0.2) is 18.4 Å². The van der Waals surface area contributed by atoms with Gasteiger partial charge in [-0.2, -0.15) is 0 Å². The number of benzene rings is 4. The van der Waals surface area contributed by atoms with E-state index in [9.17, 15) is 37.5 Å². The van der Waals surface area contributed by atoms with Crippen molar-refractivity contribution in [3.63, 3.8) is 0 Å². The average Bonchev–Trinajstić information content (AvgIpc) is 3.78. The zero-order chi connectivity index (χ0) is 41.9. The number of nitrogens with two attached hydrogens (primary N) is 2. The highest BCUT2D eigenvalue weighted by molar-refractivity contribution is 6.08. The number of carbonyl (C=O) groups excluding carboxylic acids is 6. The Morgan fingerprint density at radius 3 is 0.983 bits per heavy atom. The highest BCUT2D eigenvalue weighted by Gasteiger charge is 2.20. The van der Waals surface area contributed by atoms with E-state index < -0.39 is 35.5 Å². The van der Waals surface area contributed by atoms with Gasteiger partial charge in [0.1, 0.15) is 23.3 Å². The lowest BCUT2D eigenvalue weighted by atomic mass is 10.0. The van der Waals surface area contributed by atoms with Crippen LogP contribution in [0.25, 0.3) is 22.3 Å². The standard InChI is InChI=1S/2C20H18FN5O3/c2*1-11(27)24-19-17(18(22)28)16(10-23-19)12-2-6-14(7-3-12)25-20(29)26-15-8-4-13(21)5-9-15/h2*2-10,23H,1H3,(H2,22,28)(H,24,27)(H2,25,26,29). The Morgan fingerprint density at radius 1 is 0.448 bits per heavy atom. The monoisotopic (exact) mass is 790 g/mol. The average molecular weight is 791 g/mol. The number of amides is 8. The summed E-state index contributed by atoms with van der Waals surface area (Å²) in [5.41, 5.74) is 15.5. The molecule has 6 rings (SSSR count). The molecule has 0 atom stereocenters. The van der Waals surface area contributed by atoms with Gasteiger partial charge in [0, 0.05) is 60.1 Å². The van der Waals surface area contributed by atoms with Crippen LogP contribution >= 0.6 is 0 Å². The molecule has 16 nitrogen and oxygen atoms in total. The normalized spacial score (nSPS) is 10.3. The molecule has 296 valence electrons. The van der Waals surface area contributed by atoms with Crippen LogP contribution < -0.4 is 43.4 Å². The van der Waals surface area contributed by atoms with Crippen LogP contribution in [-0.4, -0.2) is 45.7 Å². The van der Waals surface area contributed by atoms with Gasteiger partial charge in [0.25, 0.3) is 11.8 Å². The van der Waals surface area contributed by atoms with Crippen molar-refractivity contribution in [3.05, 3.63) is 132 Å². The number of H-pyrrole nitrogens is 2. The second-order valence-electron chi connectivity index (χ2n) is 12.3. The van der Waals surface area contributed by atoms with Gasteiger partial charge >= 0.3 is 12.1 Å². The molecule has 8 amide bonds. The molecule has 0 saturated heterocycles. The van der Waals surface area contributed by atoms with Gasteiger partial charge in [0.05, 0.1) is 11.1 Å². The maximum atomic E-state index is 12.9. The van der Waals surface area contributed by atoms with Crippen molar-refractivity contribution in [1.82, 2.24) is 9.97 Å².